The van der Waals surface area contributed by atoms with Gasteiger partial charge in [0.25, 0.3) is 5.91 Å². The Kier molecular flexibility index (Phi) is 4.67. The van der Waals surface area contributed by atoms with Crippen molar-refractivity contribution in [3.63, 3.8) is 0 Å². The first-order chi connectivity index (χ1) is 12.6. The Morgan fingerprint density at radius 2 is 1.85 bits per heavy atom. The van der Waals surface area contributed by atoms with E-state index in [2.05, 4.69) is 15.4 Å². The van der Waals surface area contributed by atoms with E-state index >= 15 is 0 Å². The van der Waals surface area contributed by atoms with E-state index in [1.165, 1.54) is 6.07 Å². The molecule has 8 heteroatoms. The summed E-state index contributed by atoms with van der Waals surface area (Å²) in [5, 5.41) is 6.55. The molecule has 0 aliphatic rings. The van der Waals surface area contributed by atoms with E-state index in [1.54, 1.807) is 19.9 Å². The number of rotatable bonds is 3. The van der Waals surface area contributed by atoms with Crippen molar-refractivity contribution >= 4 is 17.2 Å². The van der Waals surface area contributed by atoms with Gasteiger partial charge < -0.3 is 5.32 Å². The van der Waals surface area contributed by atoms with Crippen LogP contribution in [0, 0.1) is 13.8 Å². The van der Waals surface area contributed by atoms with Crippen molar-refractivity contribution in [3.8, 4) is 0 Å². The minimum atomic E-state index is -4.61. The number of nitrogens with zero attached hydrogens (tertiary/aromatic N) is 3. The van der Waals surface area contributed by atoms with Crippen LogP contribution in [-0.2, 0) is 6.18 Å². The third-order valence-electron chi connectivity index (χ3n) is 4.20. The van der Waals surface area contributed by atoms with Gasteiger partial charge in [0.2, 0.25) is 0 Å². The lowest BCUT2D eigenvalue weighted by atomic mass is 10.1. The van der Waals surface area contributed by atoms with Crippen molar-refractivity contribution < 1.29 is 18.0 Å². The Morgan fingerprint density at radius 1 is 1.15 bits per heavy atom. The average molecular weight is 376 g/mol. The van der Waals surface area contributed by atoms with Crippen LogP contribution in [-0.4, -0.2) is 20.5 Å². The number of fused-ring (bicyclic) bond motifs is 1. The van der Waals surface area contributed by atoms with E-state index in [-0.39, 0.29) is 23.0 Å². The largest absolute Gasteiger partial charge is 0.433 e. The standard InChI is InChI=1S/C19H19F3N4O/c1-10(2)13-8-16(19(20,21)22)26-17(23-13)9-15(25-26)18(27)24-14-7-11(3)5-6-12(14)4/h5-10H,1-4H3,(H,24,27). The summed E-state index contributed by atoms with van der Waals surface area (Å²) in [5.74, 6) is -0.786. The normalized spacial score (nSPS) is 12.0. The molecule has 2 aromatic heterocycles. The van der Waals surface area contributed by atoms with E-state index in [0.29, 0.717) is 10.2 Å². The van der Waals surface area contributed by atoms with Crippen molar-refractivity contribution in [2.45, 2.75) is 39.8 Å². The third kappa shape index (κ3) is 3.79. The van der Waals surface area contributed by atoms with Crippen LogP contribution in [0.2, 0.25) is 0 Å². The predicted molar refractivity (Wildman–Crippen MR) is 95.9 cm³/mol. The van der Waals surface area contributed by atoms with Gasteiger partial charge in [0.1, 0.15) is 5.69 Å². The van der Waals surface area contributed by atoms with Crippen molar-refractivity contribution in [2.75, 3.05) is 5.32 Å². The van der Waals surface area contributed by atoms with E-state index in [4.69, 9.17) is 0 Å². The predicted octanol–water partition coefficient (Wildman–Crippen LogP) is 4.74. The second kappa shape index (κ2) is 6.68. The number of aryl methyl sites for hydroxylation is 2. The Morgan fingerprint density at radius 3 is 2.48 bits per heavy atom. The molecule has 0 unspecified atom stereocenters. The van der Waals surface area contributed by atoms with Gasteiger partial charge in [-0.1, -0.05) is 26.0 Å². The minimum absolute atomic E-state index is 0.0142. The lowest BCUT2D eigenvalue weighted by molar-refractivity contribution is -0.142. The number of carbonyl (C=O) groups excluding carboxylic acids is 1. The maximum absolute atomic E-state index is 13.4. The summed E-state index contributed by atoms with van der Waals surface area (Å²) in [4.78, 5) is 16.7. The van der Waals surface area contributed by atoms with Crippen LogP contribution in [0.3, 0.4) is 0 Å². The number of amides is 1. The molecular formula is C19H19F3N4O. The fourth-order valence-corrected chi connectivity index (χ4v) is 2.66. The summed E-state index contributed by atoms with van der Waals surface area (Å²) in [5.41, 5.74) is 1.57. The Balaban J connectivity index is 2.05. The molecule has 0 bridgehead atoms. The Labute approximate surface area is 154 Å². The summed E-state index contributed by atoms with van der Waals surface area (Å²) in [7, 11) is 0. The van der Waals surface area contributed by atoms with E-state index in [1.807, 2.05) is 26.0 Å². The molecule has 0 fully saturated rings. The van der Waals surface area contributed by atoms with Gasteiger partial charge in [-0.25, -0.2) is 9.50 Å². The second-order valence-electron chi connectivity index (χ2n) is 6.79. The van der Waals surface area contributed by atoms with Crippen LogP contribution >= 0.6 is 0 Å². The van der Waals surface area contributed by atoms with Crippen molar-refractivity contribution in [2.24, 2.45) is 0 Å². The fourth-order valence-electron chi connectivity index (χ4n) is 2.66. The van der Waals surface area contributed by atoms with Gasteiger partial charge in [-0.3, -0.25) is 4.79 Å². The van der Waals surface area contributed by atoms with Crippen LogP contribution in [0.25, 0.3) is 5.65 Å². The number of nitrogens with one attached hydrogen (secondary N) is 1. The van der Waals surface area contributed by atoms with E-state index in [9.17, 15) is 18.0 Å². The van der Waals surface area contributed by atoms with Gasteiger partial charge in [-0.15, -0.1) is 0 Å². The summed E-state index contributed by atoms with van der Waals surface area (Å²) in [6.45, 7) is 7.22. The number of hydrogen-bond donors (Lipinski definition) is 1. The lowest BCUT2D eigenvalue weighted by Gasteiger charge is -2.12. The van der Waals surface area contributed by atoms with Crippen LogP contribution in [0.15, 0.2) is 30.3 Å². The highest BCUT2D eigenvalue weighted by Crippen LogP contribution is 2.31. The molecule has 1 N–H and O–H groups in total. The molecule has 3 aromatic rings. The summed E-state index contributed by atoms with van der Waals surface area (Å²) >= 11 is 0. The highest BCUT2D eigenvalue weighted by molar-refractivity contribution is 6.03. The first-order valence-electron chi connectivity index (χ1n) is 8.43. The van der Waals surface area contributed by atoms with Crippen molar-refractivity contribution in [1.29, 1.82) is 0 Å². The maximum atomic E-state index is 13.4. The zero-order chi connectivity index (χ0) is 19.9. The molecule has 0 aliphatic carbocycles. The minimum Gasteiger partial charge on any atom is -0.320 e. The highest BCUT2D eigenvalue weighted by Gasteiger charge is 2.35. The molecule has 0 spiro atoms. The molecule has 0 saturated carbocycles. The molecule has 27 heavy (non-hydrogen) atoms. The van der Waals surface area contributed by atoms with Gasteiger partial charge in [-0.05, 0) is 43.0 Å². The van der Waals surface area contributed by atoms with Crippen molar-refractivity contribution in [3.05, 3.63) is 58.5 Å². The van der Waals surface area contributed by atoms with Gasteiger partial charge in [0.05, 0.1) is 0 Å². The van der Waals surface area contributed by atoms with Crippen molar-refractivity contribution in [1.82, 2.24) is 14.6 Å². The molecule has 0 aliphatic heterocycles. The summed E-state index contributed by atoms with van der Waals surface area (Å²) < 4.78 is 41.0. The summed E-state index contributed by atoms with van der Waals surface area (Å²) in [6, 6.07) is 7.79. The highest BCUT2D eigenvalue weighted by atomic mass is 19.4. The van der Waals surface area contributed by atoms with Gasteiger partial charge in [0.15, 0.2) is 11.3 Å². The summed E-state index contributed by atoms with van der Waals surface area (Å²) in [6.07, 6.45) is -4.61. The fraction of sp³-hybridized carbons (Fsp3) is 0.316. The SMILES string of the molecule is Cc1ccc(C)c(NC(=O)c2cc3nc(C(C)C)cc(C(F)(F)F)n3n2)c1. The number of anilines is 1. The van der Waals surface area contributed by atoms with E-state index in [0.717, 1.165) is 17.2 Å². The van der Waals surface area contributed by atoms with Crippen LogP contribution < -0.4 is 5.32 Å². The third-order valence-corrected chi connectivity index (χ3v) is 4.20. The number of benzene rings is 1. The Bertz CT molecular complexity index is 1020. The molecule has 1 amide bonds. The zero-order valence-electron chi connectivity index (χ0n) is 15.3. The zero-order valence-corrected chi connectivity index (χ0v) is 15.3. The smallest absolute Gasteiger partial charge is 0.320 e. The molecule has 5 nitrogen and oxygen atoms in total. The number of alkyl halides is 3. The number of hydrogen-bond acceptors (Lipinski definition) is 3. The van der Waals surface area contributed by atoms with Gasteiger partial charge in [-0.2, -0.15) is 18.3 Å². The molecule has 3 rings (SSSR count). The molecule has 1 aromatic carbocycles. The molecule has 0 atom stereocenters. The van der Waals surface area contributed by atoms with Crippen LogP contribution in [0.5, 0.6) is 0 Å². The molecule has 0 saturated heterocycles. The first kappa shape index (κ1) is 18.9. The molecule has 0 radical (unpaired) electrons. The lowest BCUT2D eigenvalue weighted by Crippen LogP contribution is -2.16. The van der Waals surface area contributed by atoms with Gasteiger partial charge >= 0.3 is 6.18 Å². The second-order valence-corrected chi connectivity index (χ2v) is 6.79. The molecule has 142 valence electrons. The van der Waals surface area contributed by atoms with Crippen LogP contribution in [0.1, 0.15) is 52.8 Å². The molecular weight excluding hydrogens is 357 g/mol. The number of aromatic nitrogens is 3. The average Bonchev–Trinajstić information content (AvgIpc) is 3.00. The monoisotopic (exact) mass is 376 g/mol. The van der Waals surface area contributed by atoms with E-state index < -0.39 is 17.8 Å². The van der Waals surface area contributed by atoms with Gasteiger partial charge in [0, 0.05) is 17.4 Å². The quantitative estimate of drug-likeness (QED) is 0.718. The number of halogens is 3. The Hall–Kier alpha value is -2.90. The number of carbonyl (C=O) groups is 1. The van der Waals surface area contributed by atoms with Crippen LogP contribution in [0.4, 0.5) is 18.9 Å². The topological polar surface area (TPSA) is 59.3 Å². The first-order valence-corrected chi connectivity index (χ1v) is 8.43. The molecule has 2 heterocycles. The maximum Gasteiger partial charge on any atom is 0.433 e.